The smallest absolute Gasteiger partial charge is 0.326 e. The molecule has 1 aliphatic heterocycles. The first-order chi connectivity index (χ1) is 18.2. The minimum absolute atomic E-state index is 0.00896. The molecule has 5 aliphatic rings. The minimum Gasteiger partial charge on any atom is -0.393 e. The Morgan fingerprint density at radius 2 is 1.74 bits per heavy atom. The van der Waals surface area contributed by atoms with Crippen molar-refractivity contribution in [3.8, 4) is 0 Å². The first-order valence-electron chi connectivity index (χ1n) is 15.0. The number of β-amino-alcohol motifs (C(OH)–C–C–N with tert-alkyl or cyclic N) is 1. The predicted molar refractivity (Wildman–Crippen MR) is 150 cm³/mol. The van der Waals surface area contributed by atoms with Crippen LogP contribution in [0.15, 0.2) is 52.4 Å². The quantitative estimate of drug-likeness (QED) is 0.539. The highest BCUT2D eigenvalue weighted by molar-refractivity contribution is 5.75. The fraction of sp³-hybridized carbons (Fsp3) is 0.656. The van der Waals surface area contributed by atoms with Crippen molar-refractivity contribution in [3.05, 3.63) is 58.0 Å². The second-order valence-corrected chi connectivity index (χ2v) is 13.6. The minimum atomic E-state index is -0.679. The number of likely N-dealkylation sites (tertiary alicyclic amines) is 1. The molecule has 6 heteroatoms. The van der Waals surface area contributed by atoms with Crippen molar-refractivity contribution >= 4 is 11.0 Å². The number of allylic oxidation sites excluding steroid dienone is 3. The molecule has 38 heavy (non-hydrogen) atoms. The monoisotopic (exact) mass is 517 g/mol. The van der Waals surface area contributed by atoms with Gasteiger partial charge in [0.05, 0.1) is 22.7 Å². The Kier molecular flexibility index (Phi) is 5.67. The summed E-state index contributed by atoms with van der Waals surface area (Å²) in [5.74, 6) is 0.996. The molecule has 0 amide bonds. The number of aliphatic hydroxyl groups is 2. The SMILES string of the molecule is C[C@]12CC[C@H](O)CC1=CC=C1[C@@H]2CC[C@@]2(C)[C@H]1CC[C@@]2(O)CN1CCC(n2c(=O)[nH]c3ccccc32)CC1. The predicted octanol–water partition coefficient (Wildman–Crippen LogP) is 4.94. The zero-order chi connectivity index (χ0) is 26.3. The third-order valence-electron chi connectivity index (χ3n) is 11.9. The van der Waals surface area contributed by atoms with Gasteiger partial charge in [0, 0.05) is 31.1 Å². The van der Waals surface area contributed by atoms with Crippen LogP contribution in [0, 0.1) is 22.7 Å². The van der Waals surface area contributed by atoms with Crippen LogP contribution in [0.3, 0.4) is 0 Å². The zero-order valence-electron chi connectivity index (χ0n) is 23.0. The van der Waals surface area contributed by atoms with Crippen LogP contribution in [-0.2, 0) is 0 Å². The summed E-state index contributed by atoms with van der Waals surface area (Å²) in [6, 6.07) is 8.17. The van der Waals surface area contributed by atoms with E-state index < -0.39 is 5.60 Å². The lowest BCUT2D eigenvalue weighted by atomic mass is 9.50. The number of nitrogens with one attached hydrogen (secondary N) is 1. The van der Waals surface area contributed by atoms with Gasteiger partial charge in [0.1, 0.15) is 0 Å². The van der Waals surface area contributed by atoms with Gasteiger partial charge in [0.25, 0.3) is 0 Å². The molecule has 204 valence electrons. The van der Waals surface area contributed by atoms with Gasteiger partial charge in [-0.1, -0.05) is 49.3 Å². The van der Waals surface area contributed by atoms with Crippen LogP contribution in [0.1, 0.15) is 77.7 Å². The summed E-state index contributed by atoms with van der Waals surface area (Å²) in [5.41, 5.74) is 4.31. The van der Waals surface area contributed by atoms with E-state index in [4.69, 9.17) is 0 Å². The molecule has 6 nitrogen and oxygen atoms in total. The van der Waals surface area contributed by atoms with E-state index in [-0.39, 0.29) is 28.7 Å². The van der Waals surface area contributed by atoms with Crippen LogP contribution in [-0.4, -0.2) is 56.0 Å². The number of piperidine rings is 1. The Hall–Kier alpha value is -2.15. The van der Waals surface area contributed by atoms with Crippen LogP contribution in [0.5, 0.6) is 0 Å². The summed E-state index contributed by atoms with van der Waals surface area (Å²) in [4.78, 5) is 18.2. The van der Waals surface area contributed by atoms with E-state index in [1.807, 2.05) is 28.8 Å². The number of fused-ring (bicyclic) bond motifs is 6. The van der Waals surface area contributed by atoms with Gasteiger partial charge >= 0.3 is 5.69 Å². The van der Waals surface area contributed by atoms with Gasteiger partial charge in [-0.3, -0.25) is 4.57 Å². The van der Waals surface area contributed by atoms with Gasteiger partial charge in [-0.15, -0.1) is 0 Å². The second-order valence-electron chi connectivity index (χ2n) is 13.6. The number of imidazole rings is 1. The number of rotatable bonds is 3. The van der Waals surface area contributed by atoms with Gasteiger partial charge in [-0.05, 0) is 87.2 Å². The number of benzene rings is 1. The Balaban J connectivity index is 1.08. The molecule has 0 spiro atoms. The molecule has 0 unspecified atom stereocenters. The molecule has 2 heterocycles. The molecule has 4 aliphatic carbocycles. The third kappa shape index (κ3) is 3.52. The first kappa shape index (κ1) is 24.9. The number of para-hydroxylation sites is 2. The van der Waals surface area contributed by atoms with Crippen molar-refractivity contribution in [2.75, 3.05) is 19.6 Å². The van der Waals surface area contributed by atoms with Gasteiger partial charge in [-0.2, -0.15) is 0 Å². The maximum atomic E-state index is 12.7. The Bertz CT molecular complexity index is 1360. The summed E-state index contributed by atoms with van der Waals surface area (Å²) in [6.45, 7) is 7.37. The van der Waals surface area contributed by atoms with Crippen molar-refractivity contribution in [1.82, 2.24) is 14.5 Å². The van der Waals surface area contributed by atoms with Crippen molar-refractivity contribution in [2.24, 2.45) is 22.7 Å². The summed E-state index contributed by atoms with van der Waals surface area (Å²) < 4.78 is 1.96. The van der Waals surface area contributed by atoms with Gasteiger partial charge in [0.15, 0.2) is 0 Å². The van der Waals surface area contributed by atoms with E-state index >= 15 is 0 Å². The fourth-order valence-corrected chi connectivity index (χ4v) is 9.50. The zero-order valence-corrected chi connectivity index (χ0v) is 23.0. The normalized spacial score (nSPS) is 39.8. The molecule has 0 radical (unpaired) electrons. The third-order valence-corrected chi connectivity index (χ3v) is 11.9. The Labute approximate surface area is 225 Å². The van der Waals surface area contributed by atoms with E-state index in [2.05, 4.69) is 35.9 Å². The van der Waals surface area contributed by atoms with Crippen LogP contribution >= 0.6 is 0 Å². The molecule has 3 N–H and O–H groups in total. The highest BCUT2D eigenvalue weighted by atomic mass is 16.3. The molecular weight excluding hydrogens is 474 g/mol. The lowest BCUT2D eigenvalue weighted by Gasteiger charge is -2.56. The number of aromatic amines is 1. The molecule has 2 aromatic rings. The molecule has 0 bridgehead atoms. The number of hydrogen-bond acceptors (Lipinski definition) is 4. The molecule has 4 fully saturated rings. The van der Waals surface area contributed by atoms with Gasteiger partial charge in [-0.25, -0.2) is 4.79 Å². The maximum absolute atomic E-state index is 12.7. The van der Waals surface area contributed by atoms with Crippen LogP contribution in [0.4, 0.5) is 0 Å². The van der Waals surface area contributed by atoms with Crippen molar-refractivity contribution in [3.63, 3.8) is 0 Å². The lowest BCUT2D eigenvalue weighted by molar-refractivity contribution is -0.105. The van der Waals surface area contributed by atoms with E-state index in [9.17, 15) is 15.0 Å². The van der Waals surface area contributed by atoms with Crippen LogP contribution in [0.2, 0.25) is 0 Å². The largest absolute Gasteiger partial charge is 0.393 e. The molecule has 6 atom stereocenters. The van der Waals surface area contributed by atoms with E-state index in [0.29, 0.717) is 11.8 Å². The number of nitrogens with zero attached hydrogens (tertiary/aromatic N) is 2. The van der Waals surface area contributed by atoms with Crippen molar-refractivity contribution in [1.29, 1.82) is 0 Å². The topological polar surface area (TPSA) is 81.5 Å². The van der Waals surface area contributed by atoms with Crippen molar-refractivity contribution < 1.29 is 10.2 Å². The maximum Gasteiger partial charge on any atom is 0.326 e. The van der Waals surface area contributed by atoms with Crippen LogP contribution < -0.4 is 5.69 Å². The highest BCUT2D eigenvalue weighted by Gasteiger charge is 2.62. The first-order valence-corrected chi connectivity index (χ1v) is 15.0. The molecular formula is C32H43N3O3. The van der Waals surface area contributed by atoms with E-state index in [1.165, 1.54) is 5.57 Å². The summed E-state index contributed by atoms with van der Waals surface area (Å²) >= 11 is 0. The second kappa shape index (κ2) is 8.67. The molecule has 1 aromatic heterocycles. The number of H-pyrrole nitrogens is 1. The molecule has 1 saturated heterocycles. The fourth-order valence-electron chi connectivity index (χ4n) is 9.50. The van der Waals surface area contributed by atoms with Crippen LogP contribution in [0.25, 0.3) is 11.0 Å². The van der Waals surface area contributed by atoms with E-state index in [1.54, 1.807) is 5.57 Å². The lowest BCUT2D eigenvalue weighted by Crippen LogP contribution is -2.56. The molecule has 3 saturated carbocycles. The van der Waals surface area contributed by atoms with E-state index in [0.717, 1.165) is 88.5 Å². The highest BCUT2D eigenvalue weighted by Crippen LogP contribution is 2.66. The summed E-state index contributed by atoms with van der Waals surface area (Å²) in [7, 11) is 0. The Morgan fingerprint density at radius 3 is 2.55 bits per heavy atom. The van der Waals surface area contributed by atoms with Gasteiger partial charge < -0.3 is 20.1 Å². The van der Waals surface area contributed by atoms with Gasteiger partial charge in [0.2, 0.25) is 0 Å². The standard InChI is InChI=1S/C32H43N3O3/c1-30-14-9-23(36)19-21(30)7-8-24-25(30)10-15-31(2)26(24)11-16-32(31,38)20-34-17-12-22(13-18-34)35-28-6-4-3-5-27(28)33-29(35)37/h3-8,22-23,25-26,36,38H,9-20H2,1-2H3,(H,33,37)/t23-,25-,26-,30-,31-,32+/m0/s1. The average molecular weight is 518 g/mol. The number of aromatic nitrogens is 2. The number of aliphatic hydroxyl groups excluding tert-OH is 1. The van der Waals surface area contributed by atoms with Crippen molar-refractivity contribution in [2.45, 2.75) is 89.4 Å². The molecule has 1 aromatic carbocycles. The molecule has 7 rings (SSSR count). The Morgan fingerprint density at radius 1 is 0.974 bits per heavy atom. The number of hydrogen-bond donors (Lipinski definition) is 3. The summed E-state index contributed by atoms with van der Waals surface area (Å²) in [6.07, 6.45) is 13.3. The average Bonchev–Trinajstić information content (AvgIpc) is 3.37. The summed E-state index contributed by atoms with van der Waals surface area (Å²) in [5, 5.41) is 22.6.